The molecule has 1 aromatic rings. The van der Waals surface area contributed by atoms with Gasteiger partial charge in [0.1, 0.15) is 6.07 Å². The van der Waals surface area contributed by atoms with Crippen molar-refractivity contribution in [2.45, 2.75) is 25.3 Å². The Hall–Kier alpha value is -1.66. The van der Waals surface area contributed by atoms with Crippen molar-refractivity contribution in [1.29, 1.82) is 5.26 Å². The van der Waals surface area contributed by atoms with Crippen LogP contribution in [0.4, 0.5) is 0 Å². The SMILES string of the molecule is N#Cc1cncc(C2=CC3NCCCC3C2)c1. The van der Waals surface area contributed by atoms with E-state index < -0.39 is 0 Å². The van der Waals surface area contributed by atoms with E-state index in [1.54, 1.807) is 6.20 Å². The summed E-state index contributed by atoms with van der Waals surface area (Å²) in [7, 11) is 0. The molecule has 1 aromatic heterocycles. The topological polar surface area (TPSA) is 48.7 Å². The van der Waals surface area contributed by atoms with Crippen molar-refractivity contribution in [3.05, 3.63) is 35.7 Å². The molecule has 0 amide bonds. The zero-order valence-electron chi connectivity index (χ0n) is 9.69. The second-order valence-electron chi connectivity index (χ2n) is 4.85. The predicted octanol–water partition coefficient (Wildman–Crippen LogP) is 2.11. The van der Waals surface area contributed by atoms with Gasteiger partial charge >= 0.3 is 0 Å². The number of rotatable bonds is 1. The predicted molar refractivity (Wildman–Crippen MR) is 66.1 cm³/mol. The van der Waals surface area contributed by atoms with Gasteiger partial charge in [-0.2, -0.15) is 5.26 Å². The zero-order chi connectivity index (χ0) is 11.7. The van der Waals surface area contributed by atoms with Crippen molar-refractivity contribution in [3.8, 4) is 6.07 Å². The molecule has 17 heavy (non-hydrogen) atoms. The average Bonchev–Trinajstić information content (AvgIpc) is 2.82. The van der Waals surface area contributed by atoms with E-state index in [0.717, 1.165) is 24.4 Å². The number of nitriles is 1. The summed E-state index contributed by atoms with van der Waals surface area (Å²) in [6.45, 7) is 1.13. The lowest BCUT2D eigenvalue weighted by atomic mass is 9.92. The van der Waals surface area contributed by atoms with Crippen LogP contribution < -0.4 is 5.32 Å². The van der Waals surface area contributed by atoms with E-state index in [9.17, 15) is 0 Å². The molecule has 1 saturated heterocycles. The van der Waals surface area contributed by atoms with Crippen molar-refractivity contribution >= 4 is 5.57 Å². The van der Waals surface area contributed by atoms with Crippen LogP contribution in [0.2, 0.25) is 0 Å². The van der Waals surface area contributed by atoms with Crippen LogP contribution in [-0.2, 0) is 0 Å². The fraction of sp³-hybridized carbons (Fsp3) is 0.429. The Morgan fingerprint density at radius 2 is 2.35 bits per heavy atom. The van der Waals surface area contributed by atoms with Gasteiger partial charge in [0.05, 0.1) is 5.56 Å². The lowest BCUT2D eigenvalue weighted by Crippen LogP contribution is -2.37. The Morgan fingerprint density at radius 3 is 3.18 bits per heavy atom. The first-order valence-electron chi connectivity index (χ1n) is 6.16. The van der Waals surface area contributed by atoms with Gasteiger partial charge in [0.15, 0.2) is 0 Å². The van der Waals surface area contributed by atoms with Crippen LogP contribution in [0.5, 0.6) is 0 Å². The second kappa shape index (κ2) is 4.31. The van der Waals surface area contributed by atoms with Gasteiger partial charge in [0.2, 0.25) is 0 Å². The summed E-state index contributed by atoms with van der Waals surface area (Å²) in [6, 6.07) is 4.62. The Balaban J connectivity index is 1.87. The first kappa shape index (κ1) is 10.5. The number of fused-ring (bicyclic) bond motifs is 1. The highest BCUT2D eigenvalue weighted by Gasteiger charge is 2.29. The Bertz CT molecular complexity index is 498. The molecule has 1 aliphatic carbocycles. The number of allylic oxidation sites excluding steroid dienone is 1. The summed E-state index contributed by atoms with van der Waals surface area (Å²) in [6.07, 6.45) is 9.51. The number of nitrogens with one attached hydrogen (secondary N) is 1. The van der Waals surface area contributed by atoms with Gasteiger partial charge < -0.3 is 5.32 Å². The fourth-order valence-electron chi connectivity index (χ4n) is 2.86. The largest absolute Gasteiger partial charge is 0.310 e. The molecule has 86 valence electrons. The highest BCUT2D eigenvalue weighted by atomic mass is 14.9. The first-order valence-corrected chi connectivity index (χ1v) is 6.16. The standard InChI is InChI=1S/C14H15N3/c15-7-10-4-13(9-16-8-10)12-5-11-2-1-3-17-14(11)6-12/h4,6,8-9,11,14,17H,1-3,5H2. The second-order valence-corrected chi connectivity index (χ2v) is 4.85. The number of nitrogens with zero attached hydrogens (tertiary/aromatic N) is 2. The van der Waals surface area contributed by atoms with E-state index in [4.69, 9.17) is 5.26 Å². The highest BCUT2D eigenvalue weighted by molar-refractivity contribution is 5.69. The van der Waals surface area contributed by atoms with Crippen LogP contribution >= 0.6 is 0 Å². The Morgan fingerprint density at radius 1 is 1.41 bits per heavy atom. The summed E-state index contributed by atoms with van der Waals surface area (Å²) in [4.78, 5) is 4.13. The lowest BCUT2D eigenvalue weighted by molar-refractivity contribution is 0.341. The molecule has 1 fully saturated rings. The zero-order valence-corrected chi connectivity index (χ0v) is 9.69. The Labute approximate surface area is 101 Å². The third kappa shape index (κ3) is 1.96. The molecule has 3 heteroatoms. The molecule has 3 rings (SSSR count). The summed E-state index contributed by atoms with van der Waals surface area (Å²) < 4.78 is 0. The van der Waals surface area contributed by atoms with Crippen LogP contribution in [-0.4, -0.2) is 17.6 Å². The minimum absolute atomic E-state index is 0.532. The quantitative estimate of drug-likeness (QED) is 0.796. The van der Waals surface area contributed by atoms with Gasteiger partial charge in [-0.25, -0.2) is 0 Å². The van der Waals surface area contributed by atoms with Crippen LogP contribution in [0.1, 0.15) is 30.4 Å². The van der Waals surface area contributed by atoms with Crippen LogP contribution in [0.3, 0.4) is 0 Å². The smallest absolute Gasteiger partial charge is 0.101 e. The maximum Gasteiger partial charge on any atom is 0.101 e. The number of hydrogen-bond acceptors (Lipinski definition) is 3. The van der Waals surface area contributed by atoms with Crippen LogP contribution in [0, 0.1) is 17.2 Å². The molecule has 2 unspecified atom stereocenters. The number of hydrogen-bond donors (Lipinski definition) is 1. The molecule has 0 bridgehead atoms. The minimum Gasteiger partial charge on any atom is -0.310 e. The highest BCUT2D eigenvalue weighted by Crippen LogP contribution is 2.36. The molecule has 0 radical (unpaired) electrons. The van der Waals surface area contributed by atoms with E-state index in [2.05, 4.69) is 22.4 Å². The van der Waals surface area contributed by atoms with Crippen molar-refractivity contribution in [2.75, 3.05) is 6.54 Å². The van der Waals surface area contributed by atoms with Crippen molar-refractivity contribution in [1.82, 2.24) is 10.3 Å². The number of pyridine rings is 1. The maximum absolute atomic E-state index is 8.89. The molecule has 0 saturated carbocycles. The van der Waals surface area contributed by atoms with Crippen molar-refractivity contribution < 1.29 is 0 Å². The van der Waals surface area contributed by atoms with Gasteiger partial charge in [-0.05, 0) is 48.9 Å². The van der Waals surface area contributed by atoms with E-state index in [-0.39, 0.29) is 0 Å². The van der Waals surface area contributed by atoms with E-state index in [1.807, 2.05) is 12.3 Å². The molecule has 1 aliphatic heterocycles. The molecule has 2 atom stereocenters. The maximum atomic E-state index is 8.89. The van der Waals surface area contributed by atoms with Gasteiger partial charge in [-0.1, -0.05) is 6.08 Å². The average molecular weight is 225 g/mol. The lowest BCUT2D eigenvalue weighted by Gasteiger charge is -2.25. The summed E-state index contributed by atoms with van der Waals surface area (Å²) >= 11 is 0. The third-order valence-electron chi connectivity index (χ3n) is 3.74. The number of piperidine rings is 1. The molecule has 1 N–H and O–H groups in total. The molecule has 2 aliphatic rings. The Kier molecular flexibility index (Phi) is 2.66. The van der Waals surface area contributed by atoms with Crippen molar-refractivity contribution in [2.24, 2.45) is 5.92 Å². The van der Waals surface area contributed by atoms with E-state index in [0.29, 0.717) is 11.6 Å². The molecule has 2 heterocycles. The number of aromatic nitrogens is 1. The fourth-order valence-corrected chi connectivity index (χ4v) is 2.86. The normalized spacial score (nSPS) is 27.1. The van der Waals surface area contributed by atoms with E-state index in [1.165, 1.54) is 18.4 Å². The summed E-state index contributed by atoms with van der Waals surface area (Å²) in [5.41, 5.74) is 3.10. The van der Waals surface area contributed by atoms with Gasteiger partial charge in [-0.15, -0.1) is 0 Å². The van der Waals surface area contributed by atoms with E-state index >= 15 is 0 Å². The third-order valence-corrected chi connectivity index (χ3v) is 3.74. The van der Waals surface area contributed by atoms with Gasteiger partial charge in [0, 0.05) is 18.4 Å². The van der Waals surface area contributed by atoms with Gasteiger partial charge in [0.25, 0.3) is 0 Å². The molecular formula is C14H15N3. The molecular weight excluding hydrogens is 210 g/mol. The monoisotopic (exact) mass is 225 g/mol. The molecule has 3 nitrogen and oxygen atoms in total. The van der Waals surface area contributed by atoms with Crippen molar-refractivity contribution in [3.63, 3.8) is 0 Å². The summed E-state index contributed by atoms with van der Waals surface area (Å²) in [5.74, 6) is 0.740. The van der Waals surface area contributed by atoms with Gasteiger partial charge in [-0.3, -0.25) is 4.98 Å². The van der Waals surface area contributed by atoms with Crippen LogP contribution in [0.25, 0.3) is 5.57 Å². The first-order chi connectivity index (χ1) is 8.36. The summed E-state index contributed by atoms with van der Waals surface area (Å²) in [5, 5.41) is 12.4. The molecule has 0 aromatic carbocycles. The molecule has 0 spiro atoms. The van der Waals surface area contributed by atoms with Crippen LogP contribution in [0.15, 0.2) is 24.5 Å². The minimum atomic E-state index is 0.532.